The average Bonchev–Trinajstić information content (AvgIpc) is 2.73. The first-order valence-corrected chi connectivity index (χ1v) is 9.95. The van der Waals surface area contributed by atoms with Crippen molar-refractivity contribution in [3.05, 3.63) is 64.2 Å². The molecule has 1 heterocycles. The highest BCUT2D eigenvalue weighted by Crippen LogP contribution is 2.21. The molecule has 10 heteroatoms. The first kappa shape index (κ1) is 19.8. The van der Waals surface area contributed by atoms with Crippen LogP contribution in [0.25, 0.3) is 0 Å². The van der Waals surface area contributed by atoms with Gasteiger partial charge in [-0.05, 0) is 36.4 Å². The fourth-order valence-electron chi connectivity index (χ4n) is 2.94. The molecular formula is C18H19N3O6S. The van der Waals surface area contributed by atoms with Gasteiger partial charge < -0.3 is 9.64 Å². The van der Waals surface area contributed by atoms with Crippen molar-refractivity contribution in [1.82, 2.24) is 9.21 Å². The van der Waals surface area contributed by atoms with E-state index in [0.717, 1.165) is 12.1 Å². The number of methoxy groups -OCH3 is 1. The Hall–Kier alpha value is -2.98. The van der Waals surface area contributed by atoms with Gasteiger partial charge in [0, 0.05) is 43.9 Å². The van der Waals surface area contributed by atoms with Crippen LogP contribution in [0.15, 0.2) is 53.4 Å². The number of non-ortho nitro benzene ring substituents is 1. The molecule has 1 aliphatic rings. The van der Waals surface area contributed by atoms with Crippen LogP contribution in [-0.4, -0.2) is 61.7 Å². The van der Waals surface area contributed by atoms with Crippen molar-refractivity contribution in [2.24, 2.45) is 0 Å². The topological polar surface area (TPSA) is 110 Å². The normalized spacial score (nSPS) is 15.2. The number of carbonyl (C=O) groups is 1. The number of rotatable bonds is 5. The SMILES string of the molecule is COc1ccc(C(=O)N2CCN(S(=O)(=O)c3ccc([N+](=O)[O-])cc3)CC2)cc1. The lowest BCUT2D eigenvalue weighted by molar-refractivity contribution is -0.384. The minimum atomic E-state index is -3.77. The zero-order valence-corrected chi connectivity index (χ0v) is 16.0. The van der Waals surface area contributed by atoms with Gasteiger partial charge in [-0.15, -0.1) is 0 Å². The molecule has 1 saturated heterocycles. The molecule has 28 heavy (non-hydrogen) atoms. The van der Waals surface area contributed by atoms with Crippen LogP contribution in [-0.2, 0) is 10.0 Å². The van der Waals surface area contributed by atoms with Gasteiger partial charge in [0.25, 0.3) is 11.6 Å². The van der Waals surface area contributed by atoms with E-state index < -0.39 is 14.9 Å². The van der Waals surface area contributed by atoms with Crippen LogP contribution >= 0.6 is 0 Å². The van der Waals surface area contributed by atoms with E-state index in [9.17, 15) is 23.3 Å². The standard InChI is InChI=1S/C18H19N3O6S/c1-27-16-6-2-14(3-7-16)18(22)19-10-12-20(13-11-19)28(25,26)17-8-4-15(5-9-17)21(23)24/h2-9H,10-13H2,1H3. The summed E-state index contributed by atoms with van der Waals surface area (Å²) in [6.45, 7) is 0.830. The Kier molecular flexibility index (Phi) is 5.61. The third kappa shape index (κ3) is 3.97. The second-order valence-corrected chi connectivity index (χ2v) is 8.11. The monoisotopic (exact) mass is 405 g/mol. The molecule has 1 aliphatic heterocycles. The van der Waals surface area contributed by atoms with E-state index in [1.54, 1.807) is 36.3 Å². The highest BCUT2D eigenvalue weighted by Gasteiger charge is 2.30. The summed E-state index contributed by atoms with van der Waals surface area (Å²) >= 11 is 0. The van der Waals surface area contributed by atoms with Gasteiger partial charge in [-0.2, -0.15) is 4.31 Å². The van der Waals surface area contributed by atoms with Crippen molar-refractivity contribution in [2.45, 2.75) is 4.90 Å². The third-order valence-corrected chi connectivity index (χ3v) is 6.46. The van der Waals surface area contributed by atoms with Crippen molar-refractivity contribution in [2.75, 3.05) is 33.3 Å². The molecule has 0 bridgehead atoms. The van der Waals surface area contributed by atoms with E-state index in [1.165, 1.54) is 16.4 Å². The molecule has 0 aromatic heterocycles. The number of ether oxygens (including phenoxy) is 1. The number of benzene rings is 2. The van der Waals surface area contributed by atoms with Crippen LogP contribution < -0.4 is 4.74 Å². The lowest BCUT2D eigenvalue weighted by Gasteiger charge is -2.34. The van der Waals surface area contributed by atoms with Gasteiger partial charge in [0.05, 0.1) is 16.9 Å². The zero-order valence-electron chi connectivity index (χ0n) is 15.1. The van der Waals surface area contributed by atoms with Crippen LogP contribution in [0.5, 0.6) is 5.75 Å². The van der Waals surface area contributed by atoms with E-state index in [2.05, 4.69) is 0 Å². The van der Waals surface area contributed by atoms with Gasteiger partial charge in [-0.1, -0.05) is 0 Å². The summed E-state index contributed by atoms with van der Waals surface area (Å²) in [5.74, 6) is 0.477. The molecule has 2 aromatic carbocycles. The molecule has 0 aliphatic carbocycles. The van der Waals surface area contributed by atoms with Crippen molar-refractivity contribution >= 4 is 21.6 Å². The zero-order chi connectivity index (χ0) is 20.3. The van der Waals surface area contributed by atoms with Crippen LogP contribution in [0.1, 0.15) is 10.4 Å². The van der Waals surface area contributed by atoms with Gasteiger partial charge in [0.15, 0.2) is 0 Å². The fourth-order valence-corrected chi connectivity index (χ4v) is 4.36. The molecular weight excluding hydrogens is 386 g/mol. The van der Waals surface area contributed by atoms with E-state index >= 15 is 0 Å². The summed E-state index contributed by atoms with van der Waals surface area (Å²) in [5.41, 5.74) is 0.335. The predicted octanol–water partition coefficient (Wildman–Crippen LogP) is 1.75. The van der Waals surface area contributed by atoms with Gasteiger partial charge >= 0.3 is 0 Å². The van der Waals surface area contributed by atoms with E-state index in [1.807, 2.05) is 0 Å². The van der Waals surface area contributed by atoms with Crippen molar-refractivity contribution < 1.29 is 22.9 Å². The van der Waals surface area contributed by atoms with E-state index in [0.29, 0.717) is 11.3 Å². The second-order valence-electron chi connectivity index (χ2n) is 6.18. The molecule has 148 valence electrons. The molecule has 2 aromatic rings. The Morgan fingerprint density at radius 1 is 1.00 bits per heavy atom. The molecule has 0 spiro atoms. The minimum Gasteiger partial charge on any atom is -0.497 e. The summed E-state index contributed by atoms with van der Waals surface area (Å²) in [6.07, 6.45) is 0. The molecule has 3 rings (SSSR count). The summed E-state index contributed by atoms with van der Waals surface area (Å²) in [5, 5.41) is 10.7. The Bertz CT molecular complexity index is 965. The quantitative estimate of drug-likeness (QED) is 0.554. The van der Waals surface area contributed by atoms with Crippen molar-refractivity contribution in [1.29, 1.82) is 0 Å². The van der Waals surface area contributed by atoms with E-state index in [-0.39, 0.29) is 42.7 Å². The number of nitro groups is 1. The summed E-state index contributed by atoms with van der Waals surface area (Å²) in [6, 6.07) is 11.5. The molecule has 1 amide bonds. The van der Waals surface area contributed by atoms with Crippen molar-refractivity contribution in [3.8, 4) is 5.75 Å². The number of nitro benzene ring substituents is 1. The van der Waals surface area contributed by atoms with Gasteiger partial charge in [0.1, 0.15) is 5.75 Å². The molecule has 9 nitrogen and oxygen atoms in total. The first-order chi connectivity index (χ1) is 13.3. The largest absolute Gasteiger partial charge is 0.497 e. The Balaban J connectivity index is 1.66. The smallest absolute Gasteiger partial charge is 0.269 e. The first-order valence-electron chi connectivity index (χ1n) is 8.51. The number of hydrogen-bond donors (Lipinski definition) is 0. The maximum atomic E-state index is 12.7. The molecule has 0 N–H and O–H groups in total. The highest BCUT2D eigenvalue weighted by molar-refractivity contribution is 7.89. The number of sulfonamides is 1. The Morgan fingerprint density at radius 3 is 2.07 bits per heavy atom. The molecule has 1 fully saturated rings. The van der Waals surface area contributed by atoms with E-state index in [4.69, 9.17) is 4.74 Å². The molecule has 0 unspecified atom stereocenters. The Labute approximate surface area is 162 Å². The number of hydrogen-bond acceptors (Lipinski definition) is 6. The average molecular weight is 405 g/mol. The highest BCUT2D eigenvalue weighted by atomic mass is 32.2. The van der Waals surface area contributed by atoms with Crippen LogP contribution in [0.4, 0.5) is 5.69 Å². The summed E-state index contributed by atoms with van der Waals surface area (Å²) < 4.78 is 31.8. The Morgan fingerprint density at radius 2 is 1.57 bits per heavy atom. The van der Waals surface area contributed by atoms with Crippen LogP contribution in [0.2, 0.25) is 0 Å². The van der Waals surface area contributed by atoms with Crippen LogP contribution in [0.3, 0.4) is 0 Å². The number of carbonyl (C=O) groups excluding carboxylic acids is 1. The van der Waals surface area contributed by atoms with Gasteiger partial charge in [0.2, 0.25) is 10.0 Å². The molecule has 0 saturated carbocycles. The summed E-state index contributed by atoms with van der Waals surface area (Å²) in [7, 11) is -2.23. The van der Waals surface area contributed by atoms with Gasteiger partial charge in [-0.3, -0.25) is 14.9 Å². The minimum absolute atomic E-state index is 0.00645. The fraction of sp³-hybridized carbons (Fsp3) is 0.278. The number of amides is 1. The third-order valence-electron chi connectivity index (χ3n) is 4.55. The maximum absolute atomic E-state index is 12.7. The summed E-state index contributed by atoms with van der Waals surface area (Å²) in [4.78, 5) is 24.3. The lowest BCUT2D eigenvalue weighted by atomic mass is 10.2. The van der Waals surface area contributed by atoms with Crippen molar-refractivity contribution in [3.63, 3.8) is 0 Å². The van der Waals surface area contributed by atoms with Crippen LogP contribution in [0, 0.1) is 10.1 Å². The molecule has 0 radical (unpaired) electrons. The van der Waals surface area contributed by atoms with Gasteiger partial charge in [-0.25, -0.2) is 8.42 Å². The second kappa shape index (κ2) is 7.95. The molecule has 0 atom stereocenters. The number of nitrogens with zero attached hydrogens (tertiary/aromatic N) is 3. The maximum Gasteiger partial charge on any atom is 0.269 e. The number of piperazine rings is 1. The predicted molar refractivity (Wildman–Crippen MR) is 101 cm³/mol. The lowest BCUT2D eigenvalue weighted by Crippen LogP contribution is -2.50.